The van der Waals surface area contributed by atoms with Crippen molar-refractivity contribution >= 4 is 22.2 Å². The van der Waals surface area contributed by atoms with Crippen LogP contribution in [0.15, 0.2) is 0 Å². The lowest BCUT2D eigenvalue weighted by molar-refractivity contribution is -0.403. The lowest BCUT2D eigenvalue weighted by atomic mass is 9.93. The van der Waals surface area contributed by atoms with Gasteiger partial charge < -0.3 is 209 Å². The van der Waals surface area contributed by atoms with Crippen molar-refractivity contribution in [3.63, 3.8) is 0 Å². The molecule has 0 unspecified atom stereocenters. The van der Waals surface area contributed by atoms with E-state index < -0.39 is 338 Å². The smallest absolute Gasteiger partial charge is 0.394 e. The van der Waals surface area contributed by atoms with Crippen molar-refractivity contribution in [2.45, 2.75) is 305 Å². The molecule has 8 saturated heterocycles. The van der Waals surface area contributed by atoms with E-state index in [1.54, 1.807) is 0 Å². The van der Waals surface area contributed by atoms with Gasteiger partial charge in [-0.3, -0.25) is 14.1 Å². The zero-order valence-electron chi connectivity index (χ0n) is 57.5. The second kappa shape index (κ2) is 38.6. The maximum absolute atomic E-state index is 13.6. The molecule has 48 nitrogen and oxygen atoms in total. The highest BCUT2D eigenvalue weighted by Crippen LogP contribution is 2.41. The van der Waals surface area contributed by atoms with Gasteiger partial charge in [0.25, 0.3) is 0 Å². The van der Waals surface area contributed by atoms with E-state index in [4.69, 9.17) is 80.0 Å². The number of amides is 2. The van der Waals surface area contributed by atoms with E-state index in [1.807, 2.05) is 0 Å². The van der Waals surface area contributed by atoms with Crippen LogP contribution < -0.4 is 10.6 Å². The van der Waals surface area contributed by atoms with E-state index in [1.165, 1.54) is 20.8 Å². The summed E-state index contributed by atoms with van der Waals surface area (Å²) in [5.74, 6) is -2.17. The van der Waals surface area contributed by atoms with E-state index >= 15 is 0 Å². The standard InChI is InChI=1S/C58H100N2O46S/c1-13-27(71)34(78)38(82)53(91-13)100-44-23(11-66)97-51(25(59-16(4)67)46(44)103-58-50(37(81)31(75)20(8-63)96-58)106-55-40(84)36(80)29(73)15(3)93-55)104-49-33(77)22(10-65)95-57(42(49)86)101-45-24(12-90-107(87,88)89)98-52(26(60-17(5)68)47(45)102-54-39(83)35(79)28(72)14(2)92-54)105-48-32(76)21(9-64)94-56(41(48)85)99-43(19(70)7-62)30(74)18(69)6-61/h13-15,18-58,61-66,69-86H,6-12H2,1-5H3,(H,59,67)(H,60,68)(H,87,88,89)/t13-,14-,15-,18-,19+,20+,21+,22+,23+,24+,25+,26+,27+,28+,29+,30+,31-,32-,33-,34+,35+,36+,37-,38-,39-,40-,41+,42+,43+,44+,45+,46+,47+,48-,49-,50+,51-,52-,53-,54-,55-,56-,57-,58-/m0/s1. The lowest BCUT2D eigenvalue weighted by Crippen LogP contribution is -2.72. The number of rotatable bonds is 30. The fraction of sp³-hybridized carbons (Fsp3) is 0.966. The van der Waals surface area contributed by atoms with Gasteiger partial charge in [0.1, 0.15) is 201 Å². The summed E-state index contributed by atoms with van der Waals surface area (Å²) < 4.78 is 136. The highest BCUT2D eigenvalue weighted by atomic mass is 32.3. The lowest BCUT2D eigenvalue weighted by Gasteiger charge is -2.53. The van der Waals surface area contributed by atoms with E-state index in [0.29, 0.717) is 0 Å². The second-order valence-electron chi connectivity index (χ2n) is 26.9. The summed E-state index contributed by atoms with van der Waals surface area (Å²) in [6.45, 7) is -3.44. The number of aliphatic hydroxyl groups is 24. The topological polar surface area (TPSA) is 755 Å². The van der Waals surface area contributed by atoms with Crippen LogP contribution in [0.4, 0.5) is 0 Å². The molecular formula is C58H100N2O46S. The Labute approximate surface area is 607 Å². The zero-order valence-corrected chi connectivity index (χ0v) is 58.3. The molecule has 0 aliphatic carbocycles. The van der Waals surface area contributed by atoms with E-state index in [9.17, 15) is 145 Å². The Kier molecular flexibility index (Phi) is 32.3. The first-order valence-corrected chi connectivity index (χ1v) is 35.2. The second-order valence-corrected chi connectivity index (χ2v) is 28.0. The monoisotopic (exact) mass is 1590 g/mol. The Balaban J connectivity index is 1.21. The van der Waals surface area contributed by atoms with Gasteiger partial charge in [-0.1, -0.05) is 0 Å². The van der Waals surface area contributed by atoms with Gasteiger partial charge in [-0.15, -0.1) is 0 Å². The molecule has 0 bridgehead atoms. The third kappa shape index (κ3) is 20.5. The number of nitrogens with one attached hydrogen (secondary N) is 2. The molecule has 8 heterocycles. The number of hydrogen-bond acceptors (Lipinski definition) is 45. The molecule has 8 rings (SSSR count). The van der Waals surface area contributed by atoms with Gasteiger partial charge in [-0.25, -0.2) is 4.18 Å². The predicted octanol–water partition coefficient (Wildman–Crippen LogP) is -17.8. The van der Waals surface area contributed by atoms with E-state index in [0.717, 1.165) is 13.8 Å². The first-order valence-electron chi connectivity index (χ1n) is 33.8. The molecule has 2 amide bonds. The summed E-state index contributed by atoms with van der Waals surface area (Å²) >= 11 is 0. The molecule has 27 N–H and O–H groups in total. The summed E-state index contributed by atoms with van der Waals surface area (Å²) in [5, 5.41) is 269. The molecule has 0 spiro atoms. The van der Waals surface area contributed by atoms with Gasteiger partial charge in [0.15, 0.2) is 50.3 Å². The van der Waals surface area contributed by atoms with Crippen LogP contribution in [-0.2, 0) is 100.0 Å². The maximum atomic E-state index is 13.6. The number of aliphatic hydroxyl groups excluding tert-OH is 24. The summed E-state index contributed by atoms with van der Waals surface area (Å²) in [5.41, 5.74) is 0. The summed E-state index contributed by atoms with van der Waals surface area (Å²) in [6.07, 6.45) is -89.8. The summed E-state index contributed by atoms with van der Waals surface area (Å²) in [6, 6.07) is -4.33. The Morgan fingerprint density at radius 1 is 0.355 bits per heavy atom. The Morgan fingerprint density at radius 2 is 0.682 bits per heavy atom. The minimum absolute atomic E-state index is 0.845. The highest BCUT2D eigenvalue weighted by Gasteiger charge is 2.62. The first kappa shape index (κ1) is 89.8. The van der Waals surface area contributed by atoms with Gasteiger partial charge in [-0.2, -0.15) is 8.42 Å². The highest BCUT2D eigenvalue weighted by molar-refractivity contribution is 7.80. The predicted molar refractivity (Wildman–Crippen MR) is 329 cm³/mol. The Hall–Kier alpha value is -2.79. The molecule has 0 aromatic carbocycles. The van der Waals surface area contributed by atoms with Gasteiger partial charge >= 0.3 is 10.4 Å². The van der Waals surface area contributed by atoms with Gasteiger partial charge in [-0.05, 0) is 20.8 Å². The van der Waals surface area contributed by atoms with Crippen molar-refractivity contribution in [1.82, 2.24) is 10.6 Å². The number of hydrogen-bond donors (Lipinski definition) is 27. The normalized spacial score (nSPS) is 47.8. The minimum Gasteiger partial charge on any atom is -0.394 e. The fourth-order valence-electron chi connectivity index (χ4n) is 13.3. The number of carbonyl (C=O) groups excluding carboxylic acids is 2. The van der Waals surface area contributed by atoms with Crippen molar-refractivity contribution < 1.29 is 225 Å². The molecule has 8 aliphatic heterocycles. The van der Waals surface area contributed by atoms with Crippen LogP contribution in [0, 0.1) is 0 Å². The molecule has 0 saturated carbocycles. The maximum Gasteiger partial charge on any atom is 0.397 e. The molecule has 49 heteroatoms. The quantitative estimate of drug-likeness (QED) is 0.0297. The largest absolute Gasteiger partial charge is 0.397 e. The SMILES string of the molecule is CC(=O)N[C@H]1[C@H](O[C@H]2[C@@H](O)[C@@H](CO)O[C@@H](O[C@H]3[C@H](O[C@@H]4O[C@@H](C)[C@@H](O)[C@@H](O)[C@@H]4O)[C@@H](NC(C)=O)[C@H](O[C@H]4[C@@H](O)[C@@H](CO)O[C@@H](O[C@@H]([C@H](O)[C@@H](O)CO)[C@H](O)CO)[C@@H]4O)O[C@@H]3COS(=O)(=O)O)[C@@H]2O)O[C@H](CO)[C@@H](O[C@@H]2O[C@@H](C)[C@@H](O)[C@@H](O)[C@@H]2O)[C@@H]1O[C@@H]1O[C@H](CO)[C@H](O)[C@H](O)[C@H]1O[C@@H]1O[C@@H](C)[C@@H](O)[C@@H](O)[C@@H]1O. The van der Waals surface area contributed by atoms with Crippen molar-refractivity contribution in [2.75, 3.05) is 46.2 Å². The van der Waals surface area contributed by atoms with Crippen LogP contribution >= 0.6 is 0 Å². The van der Waals surface area contributed by atoms with Crippen molar-refractivity contribution in [3.8, 4) is 0 Å². The molecule has 8 aliphatic rings. The molecule has 107 heavy (non-hydrogen) atoms. The van der Waals surface area contributed by atoms with Crippen LogP contribution in [0.2, 0.25) is 0 Å². The third-order valence-corrected chi connectivity index (χ3v) is 19.7. The number of ether oxygens (including phenoxy) is 16. The van der Waals surface area contributed by atoms with Gasteiger partial charge in [0, 0.05) is 13.8 Å². The molecule has 8 fully saturated rings. The first-order chi connectivity index (χ1) is 50.3. The van der Waals surface area contributed by atoms with Gasteiger partial charge in [0.05, 0.1) is 64.6 Å². The van der Waals surface area contributed by atoms with E-state index in [-0.39, 0.29) is 0 Å². The van der Waals surface area contributed by atoms with Crippen LogP contribution in [0.1, 0.15) is 34.6 Å². The van der Waals surface area contributed by atoms with Crippen LogP contribution in [0.3, 0.4) is 0 Å². The Bertz CT molecular complexity index is 2880. The average Bonchev–Trinajstić information content (AvgIpc) is 0.758. The van der Waals surface area contributed by atoms with Gasteiger partial charge in [0.2, 0.25) is 11.8 Å². The molecule has 0 aromatic rings. The molecule has 44 atom stereocenters. The van der Waals surface area contributed by atoms with E-state index in [2.05, 4.69) is 10.6 Å². The number of carbonyl (C=O) groups is 2. The van der Waals surface area contributed by atoms with Crippen LogP contribution in [0.5, 0.6) is 0 Å². The van der Waals surface area contributed by atoms with Crippen molar-refractivity contribution in [3.05, 3.63) is 0 Å². The average molecular weight is 1590 g/mol. The zero-order chi connectivity index (χ0) is 79.4. The Morgan fingerprint density at radius 3 is 1.08 bits per heavy atom. The molecular weight excluding hydrogens is 1490 g/mol. The third-order valence-electron chi connectivity index (χ3n) is 19.3. The molecule has 624 valence electrons. The van der Waals surface area contributed by atoms with Crippen molar-refractivity contribution in [1.29, 1.82) is 0 Å². The van der Waals surface area contributed by atoms with Crippen LogP contribution in [-0.4, -0.2) is 464 Å². The van der Waals surface area contributed by atoms with Crippen molar-refractivity contribution in [2.24, 2.45) is 0 Å². The fourth-order valence-corrected chi connectivity index (χ4v) is 13.6. The molecule has 0 aromatic heterocycles. The molecule has 0 radical (unpaired) electrons. The minimum atomic E-state index is -5.66. The van der Waals surface area contributed by atoms with Crippen LogP contribution in [0.25, 0.3) is 0 Å². The summed E-state index contributed by atoms with van der Waals surface area (Å²) in [7, 11) is -5.66. The summed E-state index contributed by atoms with van der Waals surface area (Å²) in [4.78, 5) is 27.1.